The summed E-state index contributed by atoms with van der Waals surface area (Å²) in [5.74, 6) is 0.188. The number of benzene rings is 1. The number of nitrogens with one attached hydrogen (secondary N) is 1. The van der Waals surface area contributed by atoms with Gasteiger partial charge in [0.2, 0.25) is 0 Å². The molecule has 130 valence electrons. The molecule has 0 aromatic heterocycles. The Bertz CT molecular complexity index is 580. The van der Waals surface area contributed by atoms with E-state index in [0.717, 1.165) is 37.7 Å². The monoisotopic (exact) mass is 348 g/mol. The van der Waals surface area contributed by atoms with Crippen molar-refractivity contribution in [3.8, 4) is 0 Å². The highest BCUT2D eigenvalue weighted by molar-refractivity contribution is 6.30. The molecule has 1 aliphatic heterocycles. The normalized spacial score (nSPS) is 23.1. The van der Waals surface area contributed by atoms with Crippen LogP contribution in [0.3, 0.4) is 0 Å². The topological polar surface area (TPSA) is 52.6 Å². The quantitative estimate of drug-likeness (QED) is 0.814. The number of hydrogen-bond acceptors (Lipinski definition) is 2. The zero-order chi connectivity index (χ0) is 16.9. The summed E-state index contributed by atoms with van der Waals surface area (Å²) in [5, 5.41) is 14.4. The maximum absolute atomic E-state index is 12.4. The Morgan fingerprint density at radius 3 is 2.50 bits per heavy atom. The molecule has 1 aliphatic carbocycles. The number of amides is 2. The number of carbonyl (C=O) groups excluding carboxylic acids is 1. The van der Waals surface area contributed by atoms with Crippen molar-refractivity contribution < 1.29 is 9.90 Å². The zero-order valence-corrected chi connectivity index (χ0v) is 14.6. The number of rotatable bonds is 3. The van der Waals surface area contributed by atoms with Gasteiger partial charge in [-0.3, -0.25) is 0 Å². The molecule has 1 saturated heterocycles. The number of halogens is 1. The van der Waals surface area contributed by atoms with Crippen LogP contribution >= 0.6 is 11.6 Å². The van der Waals surface area contributed by atoms with Crippen LogP contribution in [0.4, 0.5) is 4.79 Å². The molecule has 2 N–H and O–H groups in total. The number of allylic oxidation sites excluding steroid dienone is 1. The molecule has 4 nitrogen and oxygen atoms in total. The van der Waals surface area contributed by atoms with Gasteiger partial charge in [0.05, 0.1) is 6.10 Å². The molecule has 24 heavy (non-hydrogen) atoms. The van der Waals surface area contributed by atoms with Gasteiger partial charge in [-0.05, 0) is 55.7 Å². The van der Waals surface area contributed by atoms with Crippen molar-refractivity contribution in [3.05, 3.63) is 47.0 Å². The molecule has 0 radical (unpaired) electrons. The summed E-state index contributed by atoms with van der Waals surface area (Å²) >= 11 is 5.90. The standard InChI is InChI=1S/C19H25ClN2O2/c20-16-8-6-14(7-9-16)18(23)15-10-12-22(13-11-15)19(24)21-17-4-2-1-3-5-17/h1-2,6-9,15,17-18,23H,3-5,10-13H2,(H,21,24). The number of likely N-dealkylation sites (tertiary alicyclic amines) is 1. The Morgan fingerprint density at radius 2 is 1.88 bits per heavy atom. The fourth-order valence-corrected chi connectivity index (χ4v) is 3.67. The largest absolute Gasteiger partial charge is 0.388 e. The van der Waals surface area contributed by atoms with Crippen LogP contribution in [0.5, 0.6) is 0 Å². The Balaban J connectivity index is 1.48. The van der Waals surface area contributed by atoms with Gasteiger partial charge in [0, 0.05) is 24.2 Å². The zero-order valence-electron chi connectivity index (χ0n) is 13.8. The summed E-state index contributed by atoms with van der Waals surface area (Å²) in [5.41, 5.74) is 0.899. The van der Waals surface area contributed by atoms with E-state index in [9.17, 15) is 9.90 Å². The van der Waals surface area contributed by atoms with Gasteiger partial charge in [-0.2, -0.15) is 0 Å². The summed E-state index contributed by atoms with van der Waals surface area (Å²) in [7, 11) is 0. The van der Waals surface area contributed by atoms with Crippen molar-refractivity contribution in [1.29, 1.82) is 0 Å². The van der Waals surface area contributed by atoms with Crippen LogP contribution in [0.1, 0.15) is 43.8 Å². The molecule has 2 amide bonds. The molecule has 0 saturated carbocycles. The van der Waals surface area contributed by atoms with Gasteiger partial charge in [0.1, 0.15) is 0 Å². The van der Waals surface area contributed by atoms with Crippen molar-refractivity contribution in [2.75, 3.05) is 13.1 Å². The Morgan fingerprint density at radius 1 is 1.17 bits per heavy atom. The number of carbonyl (C=O) groups is 1. The molecule has 1 fully saturated rings. The van der Waals surface area contributed by atoms with E-state index < -0.39 is 6.10 Å². The van der Waals surface area contributed by atoms with E-state index in [1.165, 1.54) is 0 Å². The molecule has 2 aliphatic rings. The van der Waals surface area contributed by atoms with Gasteiger partial charge >= 0.3 is 6.03 Å². The average molecular weight is 349 g/mol. The second kappa shape index (κ2) is 8.04. The number of nitrogens with zero attached hydrogens (tertiary/aromatic N) is 1. The highest BCUT2D eigenvalue weighted by Gasteiger charge is 2.29. The van der Waals surface area contributed by atoms with E-state index in [4.69, 9.17) is 11.6 Å². The highest BCUT2D eigenvalue weighted by Crippen LogP contribution is 2.31. The van der Waals surface area contributed by atoms with Crippen LogP contribution in [-0.2, 0) is 0 Å². The second-order valence-corrected chi connectivity index (χ2v) is 7.19. The lowest BCUT2D eigenvalue weighted by Crippen LogP contribution is -2.48. The SMILES string of the molecule is O=C(NC1CC=CCC1)N1CCC(C(O)c2ccc(Cl)cc2)CC1. The second-order valence-electron chi connectivity index (χ2n) is 6.75. The van der Waals surface area contributed by atoms with Crippen LogP contribution in [0, 0.1) is 5.92 Å². The van der Waals surface area contributed by atoms with Gasteiger partial charge in [0.25, 0.3) is 0 Å². The molecular weight excluding hydrogens is 324 g/mol. The van der Waals surface area contributed by atoms with Crippen LogP contribution in [-0.4, -0.2) is 35.2 Å². The first-order chi connectivity index (χ1) is 11.6. The summed E-state index contributed by atoms with van der Waals surface area (Å²) in [6.45, 7) is 1.40. The van der Waals surface area contributed by atoms with Crippen LogP contribution in [0.25, 0.3) is 0 Å². The first kappa shape index (κ1) is 17.3. The van der Waals surface area contributed by atoms with E-state index in [2.05, 4.69) is 17.5 Å². The lowest BCUT2D eigenvalue weighted by Gasteiger charge is -2.35. The molecular formula is C19H25ClN2O2. The smallest absolute Gasteiger partial charge is 0.317 e. The van der Waals surface area contributed by atoms with Crippen molar-refractivity contribution in [3.63, 3.8) is 0 Å². The van der Waals surface area contributed by atoms with Gasteiger partial charge in [0.15, 0.2) is 0 Å². The van der Waals surface area contributed by atoms with Crippen LogP contribution in [0.15, 0.2) is 36.4 Å². The third kappa shape index (κ3) is 4.31. The minimum atomic E-state index is -0.490. The van der Waals surface area contributed by atoms with E-state index in [1.807, 2.05) is 17.0 Å². The molecule has 5 heteroatoms. The molecule has 1 aromatic rings. The van der Waals surface area contributed by atoms with Gasteiger partial charge in [-0.25, -0.2) is 4.79 Å². The summed E-state index contributed by atoms with van der Waals surface area (Å²) in [4.78, 5) is 14.2. The summed E-state index contributed by atoms with van der Waals surface area (Å²) in [6.07, 6.45) is 8.46. The van der Waals surface area contributed by atoms with E-state index in [-0.39, 0.29) is 18.0 Å². The maximum atomic E-state index is 12.4. The maximum Gasteiger partial charge on any atom is 0.317 e. The predicted octanol–water partition coefficient (Wildman–Crippen LogP) is 3.90. The molecule has 0 spiro atoms. The molecule has 1 heterocycles. The number of urea groups is 1. The summed E-state index contributed by atoms with van der Waals surface area (Å²) < 4.78 is 0. The number of aliphatic hydroxyl groups is 1. The number of piperidine rings is 1. The van der Waals surface area contributed by atoms with Crippen molar-refractivity contribution in [2.24, 2.45) is 5.92 Å². The highest BCUT2D eigenvalue weighted by atomic mass is 35.5. The van der Waals surface area contributed by atoms with Gasteiger partial charge in [-0.15, -0.1) is 0 Å². The number of aliphatic hydroxyl groups excluding tert-OH is 1. The van der Waals surface area contributed by atoms with Gasteiger partial charge in [-0.1, -0.05) is 35.9 Å². The first-order valence-electron chi connectivity index (χ1n) is 8.77. The Labute approximate surface area is 148 Å². The van der Waals surface area contributed by atoms with E-state index in [1.54, 1.807) is 12.1 Å². The minimum absolute atomic E-state index is 0.0368. The molecule has 2 atom stereocenters. The molecule has 3 rings (SSSR count). The molecule has 0 bridgehead atoms. The Kier molecular flexibility index (Phi) is 5.80. The number of hydrogen-bond donors (Lipinski definition) is 2. The minimum Gasteiger partial charge on any atom is -0.388 e. The van der Waals surface area contributed by atoms with Crippen LogP contribution in [0.2, 0.25) is 5.02 Å². The first-order valence-corrected chi connectivity index (χ1v) is 9.15. The fourth-order valence-electron chi connectivity index (χ4n) is 3.54. The fraction of sp³-hybridized carbons (Fsp3) is 0.526. The molecule has 1 aromatic carbocycles. The predicted molar refractivity (Wildman–Crippen MR) is 96.0 cm³/mol. The Hall–Kier alpha value is -1.52. The average Bonchev–Trinajstić information content (AvgIpc) is 2.63. The summed E-state index contributed by atoms with van der Waals surface area (Å²) in [6, 6.07) is 7.67. The third-order valence-corrected chi connectivity index (χ3v) is 5.33. The lowest BCUT2D eigenvalue weighted by atomic mass is 9.87. The van der Waals surface area contributed by atoms with Crippen molar-refractivity contribution >= 4 is 17.6 Å². The van der Waals surface area contributed by atoms with E-state index in [0.29, 0.717) is 18.1 Å². The third-order valence-electron chi connectivity index (χ3n) is 5.08. The van der Waals surface area contributed by atoms with E-state index >= 15 is 0 Å². The van der Waals surface area contributed by atoms with Crippen LogP contribution < -0.4 is 5.32 Å². The van der Waals surface area contributed by atoms with Crippen molar-refractivity contribution in [2.45, 2.75) is 44.2 Å². The van der Waals surface area contributed by atoms with Gasteiger partial charge < -0.3 is 15.3 Å². The lowest BCUT2D eigenvalue weighted by molar-refractivity contribution is 0.0661. The van der Waals surface area contributed by atoms with Crippen molar-refractivity contribution in [1.82, 2.24) is 10.2 Å². The molecule has 2 unspecified atom stereocenters.